The average molecular weight is 229 g/mol. The molecule has 1 heterocycles. The van der Waals surface area contributed by atoms with Crippen LogP contribution in [0, 0.1) is 11.8 Å². The Morgan fingerprint density at radius 3 is 2.80 bits per heavy atom. The summed E-state index contributed by atoms with van der Waals surface area (Å²) in [4.78, 5) is 0. The first kappa shape index (κ1) is 11.8. The Kier molecular flexibility index (Phi) is 3.91. The molecule has 0 radical (unpaired) electrons. The predicted octanol–water partition coefficient (Wildman–Crippen LogP) is 0.0735. The van der Waals surface area contributed by atoms with E-state index in [0.717, 1.165) is 0 Å². The van der Waals surface area contributed by atoms with E-state index in [0.29, 0.717) is 0 Å². The molecule has 0 bridgehead atoms. The molecule has 0 spiro atoms. The minimum absolute atomic E-state index is 0.0357. The molecule has 1 aromatic heterocycles. The van der Waals surface area contributed by atoms with Crippen LogP contribution in [0.15, 0.2) is 21.6 Å². The predicted molar refractivity (Wildman–Crippen MR) is 53.3 cm³/mol. The van der Waals surface area contributed by atoms with Gasteiger partial charge in [-0.2, -0.15) is 4.72 Å². The molecule has 1 aromatic rings. The Morgan fingerprint density at radius 2 is 2.27 bits per heavy atom. The number of furan rings is 1. The first-order valence-corrected chi connectivity index (χ1v) is 5.67. The van der Waals surface area contributed by atoms with Gasteiger partial charge in [0.2, 0.25) is 5.09 Å². The van der Waals surface area contributed by atoms with Crippen molar-refractivity contribution < 1.29 is 17.9 Å². The summed E-state index contributed by atoms with van der Waals surface area (Å²) in [6.45, 7) is 1.32. The fourth-order valence-electron chi connectivity index (χ4n) is 0.878. The normalized spacial score (nSPS) is 10.8. The first-order valence-electron chi connectivity index (χ1n) is 4.19. The van der Waals surface area contributed by atoms with Crippen LogP contribution in [-0.2, 0) is 16.6 Å². The zero-order valence-electron chi connectivity index (χ0n) is 8.15. The van der Waals surface area contributed by atoms with Crippen molar-refractivity contribution >= 4 is 10.0 Å². The molecule has 0 aliphatic carbocycles. The third kappa shape index (κ3) is 3.09. The van der Waals surface area contributed by atoms with Crippen molar-refractivity contribution in [3.63, 3.8) is 0 Å². The number of hydrogen-bond acceptors (Lipinski definition) is 4. The lowest BCUT2D eigenvalue weighted by Gasteiger charge is -1.98. The van der Waals surface area contributed by atoms with Gasteiger partial charge >= 0.3 is 0 Å². The molecule has 5 nitrogen and oxygen atoms in total. The fraction of sp³-hybridized carbons (Fsp3) is 0.333. The second-order valence-electron chi connectivity index (χ2n) is 2.63. The van der Waals surface area contributed by atoms with Gasteiger partial charge in [0, 0.05) is 0 Å². The molecule has 2 N–H and O–H groups in total. The van der Waals surface area contributed by atoms with Gasteiger partial charge in [0.1, 0.15) is 12.4 Å². The zero-order valence-corrected chi connectivity index (χ0v) is 8.97. The highest BCUT2D eigenvalue weighted by Gasteiger charge is 2.17. The highest BCUT2D eigenvalue weighted by molar-refractivity contribution is 7.89. The van der Waals surface area contributed by atoms with E-state index < -0.39 is 10.0 Å². The summed E-state index contributed by atoms with van der Waals surface area (Å²) in [7, 11) is -3.65. The Hall–Kier alpha value is -1.29. The fourth-order valence-corrected chi connectivity index (χ4v) is 1.75. The molecule has 0 unspecified atom stereocenters. The van der Waals surface area contributed by atoms with Crippen molar-refractivity contribution in [2.24, 2.45) is 0 Å². The second kappa shape index (κ2) is 4.98. The van der Waals surface area contributed by atoms with Crippen molar-refractivity contribution in [3.05, 3.63) is 17.9 Å². The molecular weight excluding hydrogens is 218 g/mol. The van der Waals surface area contributed by atoms with Crippen LogP contribution in [0.4, 0.5) is 0 Å². The number of nitrogens with one attached hydrogen (secondary N) is 1. The van der Waals surface area contributed by atoms with Crippen molar-refractivity contribution in [2.75, 3.05) is 6.54 Å². The maximum atomic E-state index is 11.5. The summed E-state index contributed by atoms with van der Waals surface area (Å²) in [5.41, 5.74) is 0. The van der Waals surface area contributed by atoms with Crippen molar-refractivity contribution in [1.29, 1.82) is 0 Å². The van der Waals surface area contributed by atoms with Crippen LogP contribution >= 0.6 is 0 Å². The maximum absolute atomic E-state index is 11.5. The lowest BCUT2D eigenvalue weighted by Crippen LogP contribution is -2.23. The molecule has 6 heteroatoms. The Morgan fingerprint density at radius 1 is 1.53 bits per heavy atom. The van der Waals surface area contributed by atoms with Crippen molar-refractivity contribution in [3.8, 4) is 11.8 Å². The van der Waals surface area contributed by atoms with Gasteiger partial charge in [-0.15, -0.1) is 5.92 Å². The number of rotatable bonds is 4. The van der Waals surface area contributed by atoms with Crippen LogP contribution in [-0.4, -0.2) is 20.1 Å². The molecule has 0 saturated carbocycles. The minimum atomic E-state index is -3.65. The third-order valence-electron chi connectivity index (χ3n) is 1.59. The summed E-state index contributed by atoms with van der Waals surface area (Å²) in [6.07, 6.45) is 0. The number of aliphatic hydroxyl groups excluding tert-OH is 1. The topological polar surface area (TPSA) is 79.5 Å². The van der Waals surface area contributed by atoms with Gasteiger partial charge in [-0.05, 0) is 19.1 Å². The Balaban J connectivity index is 2.80. The first-order chi connectivity index (χ1) is 7.10. The van der Waals surface area contributed by atoms with E-state index in [1.54, 1.807) is 6.92 Å². The smallest absolute Gasteiger partial charge is 0.274 e. The molecular formula is C9H11NO4S. The second-order valence-corrected chi connectivity index (χ2v) is 4.33. The Labute approximate surface area is 88.2 Å². The van der Waals surface area contributed by atoms with E-state index in [-0.39, 0.29) is 24.0 Å². The molecule has 0 aliphatic rings. The van der Waals surface area contributed by atoms with Crippen LogP contribution in [0.5, 0.6) is 0 Å². The van der Waals surface area contributed by atoms with Gasteiger partial charge < -0.3 is 9.52 Å². The highest BCUT2D eigenvalue weighted by atomic mass is 32.2. The SMILES string of the molecule is CC#CCNS(=O)(=O)c1ccc(CO)o1. The Bertz CT molecular complexity index is 478. The van der Waals surface area contributed by atoms with Gasteiger partial charge in [-0.1, -0.05) is 5.92 Å². The third-order valence-corrected chi connectivity index (χ3v) is 2.86. The van der Waals surface area contributed by atoms with Crippen molar-refractivity contribution in [2.45, 2.75) is 18.6 Å². The van der Waals surface area contributed by atoms with Crippen LogP contribution in [0.25, 0.3) is 0 Å². The molecule has 15 heavy (non-hydrogen) atoms. The molecule has 1 rings (SSSR count). The molecule has 0 aliphatic heterocycles. The van der Waals surface area contributed by atoms with Gasteiger partial charge in [-0.3, -0.25) is 0 Å². The largest absolute Gasteiger partial charge is 0.446 e. The van der Waals surface area contributed by atoms with Crippen LogP contribution in [0.2, 0.25) is 0 Å². The maximum Gasteiger partial charge on any atom is 0.274 e. The molecule has 0 atom stereocenters. The molecule has 82 valence electrons. The average Bonchev–Trinajstić information content (AvgIpc) is 2.66. The molecule has 0 fully saturated rings. The summed E-state index contributed by atoms with van der Waals surface area (Å²) in [6, 6.07) is 2.69. The van der Waals surface area contributed by atoms with Crippen molar-refractivity contribution in [1.82, 2.24) is 4.72 Å². The summed E-state index contributed by atoms with van der Waals surface area (Å²) in [5.74, 6) is 5.33. The minimum Gasteiger partial charge on any atom is -0.446 e. The summed E-state index contributed by atoms with van der Waals surface area (Å²) in [5, 5.41) is 8.48. The van der Waals surface area contributed by atoms with E-state index in [4.69, 9.17) is 9.52 Å². The van der Waals surface area contributed by atoms with E-state index in [2.05, 4.69) is 16.6 Å². The highest BCUT2D eigenvalue weighted by Crippen LogP contribution is 2.13. The van der Waals surface area contributed by atoms with Gasteiger partial charge in [0.25, 0.3) is 10.0 Å². The quantitative estimate of drug-likeness (QED) is 0.716. The van der Waals surface area contributed by atoms with E-state index in [1.807, 2.05) is 0 Å². The van der Waals surface area contributed by atoms with Gasteiger partial charge in [0.05, 0.1) is 6.54 Å². The van der Waals surface area contributed by atoms with Crippen LogP contribution < -0.4 is 4.72 Å². The molecule has 0 amide bonds. The van der Waals surface area contributed by atoms with Gasteiger partial charge in [-0.25, -0.2) is 8.42 Å². The van der Waals surface area contributed by atoms with E-state index in [9.17, 15) is 8.42 Å². The zero-order chi connectivity index (χ0) is 11.3. The molecule has 0 saturated heterocycles. The van der Waals surface area contributed by atoms with E-state index >= 15 is 0 Å². The summed E-state index contributed by atoms with van der Waals surface area (Å²) < 4.78 is 30.1. The van der Waals surface area contributed by atoms with Crippen LogP contribution in [0.1, 0.15) is 12.7 Å². The molecule has 0 aromatic carbocycles. The summed E-state index contributed by atoms with van der Waals surface area (Å²) >= 11 is 0. The number of sulfonamides is 1. The monoisotopic (exact) mass is 229 g/mol. The van der Waals surface area contributed by atoms with Gasteiger partial charge in [0.15, 0.2) is 0 Å². The number of aliphatic hydroxyl groups is 1. The lowest BCUT2D eigenvalue weighted by atomic mass is 10.5. The number of hydrogen-bond donors (Lipinski definition) is 2. The van der Waals surface area contributed by atoms with E-state index in [1.165, 1.54) is 12.1 Å². The van der Waals surface area contributed by atoms with Crippen LogP contribution in [0.3, 0.4) is 0 Å². The lowest BCUT2D eigenvalue weighted by molar-refractivity contribution is 0.236. The standard InChI is InChI=1S/C9H11NO4S/c1-2-3-6-10-15(12,13)9-5-4-8(7-11)14-9/h4-5,10-11H,6-7H2,1H3.